The molecule has 1 aromatic heterocycles. The van der Waals surface area contributed by atoms with Gasteiger partial charge < -0.3 is 16.0 Å². The van der Waals surface area contributed by atoms with Crippen molar-refractivity contribution >= 4 is 28.3 Å². The third-order valence-corrected chi connectivity index (χ3v) is 4.56. The van der Waals surface area contributed by atoms with E-state index in [0.29, 0.717) is 18.7 Å². The Bertz CT molecular complexity index is 1000. The third-order valence-electron chi connectivity index (χ3n) is 4.56. The monoisotopic (exact) mass is 382 g/mol. The summed E-state index contributed by atoms with van der Waals surface area (Å²) in [5.74, 6) is -0.166. The van der Waals surface area contributed by atoms with Crippen LogP contribution in [0.5, 0.6) is 0 Å². The van der Waals surface area contributed by atoms with Crippen molar-refractivity contribution in [3.05, 3.63) is 58.1 Å². The maximum Gasteiger partial charge on any atom is 0.300 e. The van der Waals surface area contributed by atoms with Crippen LogP contribution in [-0.2, 0) is 11.3 Å². The third kappa shape index (κ3) is 3.91. The molecule has 3 aromatic rings. The largest absolute Gasteiger partial charge is 0.372 e. The zero-order valence-electron chi connectivity index (χ0n) is 14.8. The van der Waals surface area contributed by atoms with E-state index in [1.54, 1.807) is 0 Å². The van der Waals surface area contributed by atoms with Crippen molar-refractivity contribution in [3.63, 3.8) is 0 Å². The van der Waals surface area contributed by atoms with Gasteiger partial charge in [0, 0.05) is 25.2 Å². The second kappa shape index (κ2) is 7.61. The summed E-state index contributed by atoms with van der Waals surface area (Å²) in [7, 11) is 0. The summed E-state index contributed by atoms with van der Waals surface area (Å²) < 4.78 is 4.68. The molecule has 1 unspecified atom stereocenters. The van der Waals surface area contributed by atoms with E-state index in [2.05, 4.69) is 30.9 Å². The van der Waals surface area contributed by atoms with Gasteiger partial charge in [-0.3, -0.25) is 14.9 Å². The summed E-state index contributed by atoms with van der Waals surface area (Å²) in [6.07, 6.45) is 0.574. The molecule has 1 aliphatic rings. The Kier molecular flexibility index (Phi) is 4.85. The highest BCUT2D eigenvalue weighted by Gasteiger charge is 2.30. The van der Waals surface area contributed by atoms with E-state index in [9.17, 15) is 14.9 Å². The van der Waals surface area contributed by atoms with Gasteiger partial charge in [-0.05, 0) is 28.4 Å². The van der Waals surface area contributed by atoms with Gasteiger partial charge in [-0.2, -0.15) is 0 Å². The molecule has 2 atom stereocenters. The predicted molar refractivity (Wildman–Crippen MR) is 101 cm³/mol. The van der Waals surface area contributed by atoms with E-state index in [-0.39, 0.29) is 28.7 Å². The Balaban J connectivity index is 1.52. The number of nitrogens with zero attached hydrogens (tertiary/aromatic N) is 3. The Morgan fingerprint density at radius 1 is 1.25 bits per heavy atom. The second-order valence-corrected chi connectivity index (χ2v) is 6.59. The summed E-state index contributed by atoms with van der Waals surface area (Å²) in [5, 5.41) is 27.8. The van der Waals surface area contributed by atoms with Gasteiger partial charge in [-0.15, -0.1) is 0 Å². The number of non-ortho nitro benzene ring substituents is 1. The number of anilines is 1. The first-order valence-electron chi connectivity index (χ1n) is 8.83. The van der Waals surface area contributed by atoms with Crippen molar-refractivity contribution in [2.45, 2.75) is 25.0 Å². The van der Waals surface area contributed by atoms with Gasteiger partial charge in [-0.25, -0.2) is 4.63 Å². The first-order chi connectivity index (χ1) is 13.6. The van der Waals surface area contributed by atoms with Gasteiger partial charge in [0.2, 0.25) is 11.4 Å². The topological polar surface area (TPSA) is 145 Å². The molecule has 0 spiro atoms. The molecule has 28 heavy (non-hydrogen) atoms. The lowest BCUT2D eigenvalue weighted by Gasteiger charge is -2.19. The van der Waals surface area contributed by atoms with Crippen LogP contribution in [0.15, 0.2) is 47.1 Å². The number of benzene rings is 2. The fraction of sp³-hybridized carbons (Fsp3) is 0.278. The first kappa shape index (κ1) is 17.9. The Hall–Kier alpha value is -3.53. The van der Waals surface area contributed by atoms with Crippen LogP contribution >= 0.6 is 0 Å². The van der Waals surface area contributed by atoms with Crippen molar-refractivity contribution in [2.24, 2.45) is 0 Å². The molecule has 0 aliphatic carbocycles. The maximum absolute atomic E-state index is 12.8. The zero-order valence-corrected chi connectivity index (χ0v) is 14.8. The van der Waals surface area contributed by atoms with Crippen molar-refractivity contribution in [3.8, 4) is 0 Å². The summed E-state index contributed by atoms with van der Waals surface area (Å²) >= 11 is 0. The molecule has 2 aromatic carbocycles. The number of carbonyl (C=O) groups is 1. The lowest BCUT2D eigenvalue weighted by atomic mass is 10.1. The van der Waals surface area contributed by atoms with Gasteiger partial charge in [0.25, 0.3) is 0 Å². The van der Waals surface area contributed by atoms with Gasteiger partial charge in [0.05, 0.1) is 10.6 Å². The van der Waals surface area contributed by atoms with Crippen LogP contribution in [0.3, 0.4) is 0 Å². The highest BCUT2D eigenvalue weighted by molar-refractivity contribution is 5.95. The Morgan fingerprint density at radius 2 is 2.00 bits per heavy atom. The van der Waals surface area contributed by atoms with Gasteiger partial charge in [0.15, 0.2) is 5.52 Å². The van der Waals surface area contributed by atoms with Crippen LogP contribution in [0.1, 0.15) is 12.0 Å². The van der Waals surface area contributed by atoms with Crippen LogP contribution in [-0.4, -0.2) is 39.8 Å². The average molecular weight is 382 g/mol. The molecule has 10 nitrogen and oxygen atoms in total. The molecule has 1 amide bonds. The van der Waals surface area contributed by atoms with E-state index >= 15 is 0 Å². The van der Waals surface area contributed by atoms with E-state index < -0.39 is 11.0 Å². The molecule has 0 bridgehead atoms. The molecule has 1 saturated heterocycles. The smallest absolute Gasteiger partial charge is 0.300 e. The number of amides is 1. The molecule has 10 heteroatoms. The molecule has 3 N–H and O–H groups in total. The molecule has 2 heterocycles. The van der Waals surface area contributed by atoms with Crippen molar-refractivity contribution in [1.82, 2.24) is 20.9 Å². The molecular formula is C18H18N6O4. The van der Waals surface area contributed by atoms with E-state index in [1.165, 1.54) is 12.1 Å². The summed E-state index contributed by atoms with van der Waals surface area (Å²) in [4.78, 5) is 23.3. The standard InChI is InChI=1S/C18H18N6O4/c25-18(20-9-11-4-2-1-3-5-11)14(8-12-10-19-12)21-13-6-7-15(24(26)27)17-16(13)22-28-23-17/h1-7,12,14,19,21H,8-10H2,(H,20,25)/t12?,14-/m0/s1. The number of carbonyl (C=O) groups excluding carboxylic acids is 1. The van der Waals surface area contributed by atoms with Crippen molar-refractivity contribution in [2.75, 3.05) is 11.9 Å². The van der Waals surface area contributed by atoms with Crippen LogP contribution in [0.4, 0.5) is 11.4 Å². The number of aromatic nitrogens is 2. The summed E-state index contributed by atoms with van der Waals surface area (Å²) in [6, 6.07) is 12.2. The number of nitro groups is 1. The van der Waals surface area contributed by atoms with E-state index in [1.807, 2.05) is 30.3 Å². The van der Waals surface area contributed by atoms with Crippen LogP contribution in [0.25, 0.3) is 11.0 Å². The van der Waals surface area contributed by atoms with Crippen molar-refractivity contribution in [1.29, 1.82) is 0 Å². The van der Waals surface area contributed by atoms with Crippen LogP contribution in [0.2, 0.25) is 0 Å². The van der Waals surface area contributed by atoms with Gasteiger partial charge >= 0.3 is 5.69 Å². The molecule has 1 fully saturated rings. The Labute approximate surface area is 159 Å². The molecule has 1 aliphatic heterocycles. The maximum atomic E-state index is 12.8. The molecule has 144 valence electrons. The van der Waals surface area contributed by atoms with E-state index in [0.717, 1.165) is 12.1 Å². The molecule has 4 rings (SSSR count). The number of nitrogens with one attached hydrogen (secondary N) is 3. The average Bonchev–Trinajstić information content (AvgIpc) is 3.38. The summed E-state index contributed by atoms with van der Waals surface area (Å²) in [5.41, 5.74) is 1.53. The van der Waals surface area contributed by atoms with Crippen LogP contribution < -0.4 is 16.0 Å². The minimum Gasteiger partial charge on any atom is -0.372 e. The molecule has 0 saturated carbocycles. The minimum absolute atomic E-state index is 0.0444. The number of hydrogen-bond acceptors (Lipinski definition) is 8. The SMILES string of the molecule is O=C(NCc1ccccc1)[C@H](CC1CN1)Nc1ccc([N+](=O)[O-])c2nonc12. The summed E-state index contributed by atoms with van der Waals surface area (Å²) in [6.45, 7) is 1.27. The normalized spacial score (nSPS) is 16.5. The first-order valence-corrected chi connectivity index (χ1v) is 8.83. The number of hydrogen-bond donors (Lipinski definition) is 3. The molecular weight excluding hydrogens is 364 g/mol. The number of rotatable bonds is 8. The predicted octanol–water partition coefficient (Wildman–Crippen LogP) is 1.59. The zero-order chi connectivity index (χ0) is 19.5. The number of nitro benzene ring substituents is 1. The van der Waals surface area contributed by atoms with Crippen LogP contribution in [0, 0.1) is 10.1 Å². The minimum atomic E-state index is -0.547. The fourth-order valence-corrected chi connectivity index (χ4v) is 2.98. The highest BCUT2D eigenvalue weighted by Crippen LogP contribution is 2.29. The quantitative estimate of drug-likeness (QED) is 0.302. The Morgan fingerprint density at radius 3 is 2.71 bits per heavy atom. The second-order valence-electron chi connectivity index (χ2n) is 6.59. The van der Waals surface area contributed by atoms with E-state index in [4.69, 9.17) is 0 Å². The highest BCUT2D eigenvalue weighted by atomic mass is 16.6. The van der Waals surface area contributed by atoms with Gasteiger partial charge in [0.1, 0.15) is 6.04 Å². The molecule has 0 radical (unpaired) electrons. The van der Waals surface area contributed by atoms with Gasteiger partial charge in [-0.1, -0.05) is 30.3 Å². The lowest BCUT2D eigenvalue weighted by Crippen LogP contribution is -2.40. The number of fused-ring (bicyclic) bond motifs is 1. The fourth-order valence-electron chi connectivity index (χ4n) is 2.98. The lowest BCUT2D eigenvalue weighted by molar-refractivity contribution is -0.383. The van der Waals surface area contributed by atoms with Crippen molar-refractivity contribution < 1.29 is 14.3 Å².